The van der Waals surface area contributed by atoms with E-state index in [0.29, 0.717) is 0 Å². The van der Waals surface area contributed by atoms with Crippen LogP contribution < -0.4 is 0 Å². The van der Waals surface area contributed by atoms with Crippen molar-refractivity contribution in [3.8, 4) is 11.1 Å². The van der Waals surface area contributed by atoms with Crippen LogP contribution in [0, 0.1) is 6.92 Å². The van der Waals surface area contributed by atoms with Gasteiger partial charge in [-0.05, 0) is 40.8 Å². The van der Waals surface area contributed by atoms with Gasteiger partial charge in [0, 0.05) is 22.8 Å². The van der Waals surface area contributed by atoms with Crippen LogP contribution >= 0.6 is 0 Å². The second kappa shape index (κ2) is 5.49. The average Bonchev–Trinajstić information content (AvgIpc) is 3.26. The van der Waals surface area contributed by atoms with Gasteiger partial charge in [0.05, 0.1) is 6.26 Å². The standard InChI is InChI=1S/C24H18O/c1-16-11-12-18-13-20(24-21-10-6-5-9-19(21)15-25-24)14-22(18)23(16)17-7-3-2-4-8-17/h2-12,14-15H,13H2,1H3. The van der Waals surface area contributed by atoms with E-state index in [1.807, 2.05) is 6.26 Å². The second-order valence-electron chi connectivity index (χ2n) is 6.69. The summed E-state index contributed by atoms with van der Waals surface area (Å²) in [4.78, 5) is 0. The molecule has 1 aliphatic carbocycles. The van der Waals surface area contributed by atoms with Gasteiger partial charge in [0.25, 0.3) is 0 Å². The van der Waals surface area contributed by atoms with Crippen LogP contribution in [0.2, 0.25) is 0 Å². The zero-order valence-corrected chi connectivity index (χ0v) is 14.1. The summed E-state index contributed by atoms with van der Waals surface area (Å²) in [5.41, 5.74) is 7.90. The van der Waals surface area contributed by atoms with Crippen LogP contribution in [0.4, 0.5) is 0 Å². The van der Waals surface area contributed by atoms with Gasteiger partial charge in [-0.15, -0.1) is 0 Å². The molecule has 1 aliphatic rings. The number of benzene rings is 3. The minimum absolute atomic E-state index is 0.924. The van der Waals surface area contributed by atoms with E-state index in [0.717, 1.165) is 17.6 Å². The Bertz CT molecular complexity index is 1110. The van der Waals surface area contributed by atoms with Crippen LogP contribution in [0.1, 0.15) is 22.5 Å². The molecule has 0 fully saturated rings. The highest BCUT2D eigenvalue weighted by atomic mass is 16.3. The number of aryl methyl sites for hydroxylation is 1. The van der Waals surface area contributed by atoms with Gasteiger partial charge in [-0.1, -0.05) is 66.7 Å². The van der Waals surface area contributed by atoms with Crippen molar-refractivity contribution in [2.75, 3.05) is 0 Å². The molecule has 1 heteroatoms. The number of fused-ring (bicyclic) bond motifs is 2. The minimum Gasteiger partial charge on any atom is -0.463 e. The predicted octanol–water partition coefficient (Wildman–Crippen LogP) is 6.50. The fourth-order valence-electron chi connectivity index (χ4n) is 3.90. The van der Waals surface area contributed by atoms with Crippen molar-refractivity contribution < 1.29 is 4.42 Å². The van der Waals surface area contributed by atoms with E-state index < -0.39 is 0 Å². The van der Waals surface area contributed by atoms with Gasteiger partial charge in [-0.25, -0.2) is 0 Å². The van der Waals surface area contributed by atoms with E-state index >= 15 is 0 Å². The molecule has 25 heavy (non-hydrogen) atoms. The van der Waals surface area contributed by atoms with Crippen LogP contribution in [0.3, 0.4) is 0 Å². The smallest absolute Gasteiger partial charge is 0.138 e. The van der Waals surface area contributed by atoms with E-state index in [2.05, 4.69) is 79.7 Å². The summed E-state index contributed by atoms with van der Waals surface area (Å²) in [5, 5.41) is 2.35. The summed E-state index contributed by atoms with van der Waals surface area (Å²) in [6.45, 7) is 2.19. The fraction of sp³-hybridized carbons (Fsp3) is 0.0833. The third-order valence-corrected chi connectivity index (χ3v) is 5.11. The Morgan fingerprint density at radius 3 is 2.52 bits per heavy atom. The molecule has 4 aromatic rings. The number of rotatable bonds is 2. The highest BCUT2D eigenvalue weighted by Crippen LogP contribution is 2.41. The molecular weight excluding hydrogens is 304 g/mol. The zero-order chi connectivity index (χ0) is 16.8. The van der Waals surface area contributed by atoms with Crippen molar-refractivity contribution in [1.82, 2.24) is 0 Å². The number of furan rings is 1. The number of hydrogen-bond acceptors (Lipinski definition) is 1. The Hall–Kier alpha value is -3.06. The molecule has 1 heterocycles. The zero-order valence-electron chi connectivity index (χ0n) is 14.1. The van der Waals surface area contributed by atoms with Crippen LogP contribution in [0.15, 0.2) is 77.4 Å². The summed E-state index contributed by atoms with van der Waals surface area (Å²) in [7, 11) is 0. The van der Waals surface area contributed by atoms with Gasteiger partial charge in [0.2, 0.25) is 0 Å². The van der Waals surface area contributed by atoms with Crippen LogP contribution in [-0.4, -0.2) is 0 Å². The van der Waals surface area contributed by atoms with Crippen molar-refractivity contribution in [2.24, 2.45) is 0 Å². The maximum absolute atomic E-state index is 5.94. The van der Waals surface area contributed by atoms with Crippen LogP contribution in [-0.2, 0) is 6.42 Å². The molecule has 1 nitrogen and oxygen atoms in total. The van der Waals surface area contributed by atoms with E-state index in [9.17, 15) is 0 Å². The lowest BCUT2D eigenvalue weighted by Gasteiger charge is -2.11. The highest BCUT2D eigenvalue weighted by molar-refractivity contribution is 6.00. The summed E-state index contributed by atoms with van der Waals surface area (Å²) >= 11 is 0. The average molecular weight is 322 g/mol. The maximum Gasteiger partial charge on any atom is 0.138 e. The SMILES string of the molecule is Cc1ccc2c(c1-c1ccccc1)C=C(c1occ3ccccc13)C2. The number of hydrogen-bond donors (Lipinski definition) is 0. The Labute approximate surface area is 147 Å². The van der Waals surface area contributed by atoms with E-state index in [-0.39, 0.29) is 0 Å². The number of allylic oxidation sites excluding steroid dienone is 1. The Morgan fingerprint density at radius 1 is 0.840 bits per heavy atom. The van der Waals surface area contributed by atoms with Crippen LogP contribution in [0.25, 0.3) is 33.5 Å². The monoisotopic (exact) mass is 322 g/mol. The van der Waals surface area contributed by atoms with Crippen molar-refractivity contribution in [3.63, 3.8) is 0 Å². The molecule has 5 rings (SSSR count). The summed E-state index contributed by atoms with van der Waals surface area (Å²) in [5.74, 6) is 1.00. The van der Waals surface area contributed by atoms with Crippen molar-refractivity contribution in [1.29, 1.82) is 0 Å². The quantitative estimate of drug-likeness (QED) is 0.410. The first kappa shape index (κ1) is 14.3. The molecule has 0 N–H and O–H groups in total. The van der Waals surface area contributed by atoms with Gasteiger partial charge in [-0.2, -0.15) is 0 Å². The third-order valence-electron chi connectivity index (χ3n) is 5.11. The van der Waals surface area contributed by atoms with Crippen molar-refractivity contribution >= 4 is 22.4 Å². The van der Waals surface area contributed by atoms with Gasteiger partial charge in [-0.3, -0.25) is 0 Å². The topological polar surface area (TPSA) is 13.1 Å². The molecule has 0 unspecified atom stereocenters. The first-order chi connectivity index (χ1) is 12.3. The summed E-state index contributed by atoms with van der Waals surface area (Å²) < 4.78 is 5.94. The van der Waals surface area contributed by atoms with Crippen LogP contribution in [0.5, 0.6) is 0 Å². The first-order valence-electron chi connectivity index (χ1n) is 8.66. The second-order valence-corrected chi connectivity index (χ2v) is 6.69. The molecule has 0 spiro atoms. The normalized spacial score (nSPS) is 13.1. The Kier molecular flexibility index (Phi) is 3.14. The molecule has 0 amide bonds. The molecule has 0 saturated carbocycles. The van der Waals surface area contributed by atoms with E-state index in [1.54, 1.807) is 0 Å². The lowest BCUT2D eigenvalue weighted by atomic mass is 9.93. The molecule has 3 aromatic carbocycles. The molecular formula is C24H18O. The van der Waals surface area contributed by atoms with E-state index in [4.69, 9.17) is 4.42 Å². The van der Waals surface area contributed by atoms with Gasteiger partial charge >= 0.3 is 0 Å². The van der Waals surface area contributed by atoms with Gasteiger partial charge in [0.1, 0.15) is 5.76 Å². The molecule has 0 atom stereocenters. The lowest BCUT2D eigenvalue weighted by molar-refractivity contribution is 0.557. The van der Waals surface area contributed by atoms with Gasteiger partial charge < -0.3 is 4.42 Å². The molecule has 0 radical (unpaired) electrons. The largest absolute Gasteiger partial charge is 0.463 e. The predicted molar refractivity (Wildman–Crippen MR) is 104 cm³/mol. The van der Waals surface area contributed by atoms with Crippen molar-refractivity contribution in [2.45, 2.75) is 13.3 Å². The minimum atomic E-state index is 0.924. The summed E-state index contributed by atoms with van der Waals surface area (Å²) in [6.07, 6.45) is 5.10. The van der Waals surface area contributed by atoms with E-state index in [1.165, 1.54) is 38.8 Å². The molecule has 0 saturated heterocycles. The Morgan fingerprint density at radius 2 is 1.64 bits per heavy atom. The Balaban J connectivity index is 1.69. The molecule has 0 bridgehead atoms. The van der Waals surface area contributed by atoms with Gasteiger partial charge in [0.15, 0.2) is 0 Å². The summed E-state index contributed by atoms with van der Waals surface area (Å²) in [6, 6.07) is 23.5. The fourth-order valence-corrected chi connectivity index (χ4v) is 3.90. The van der Waals surface area contributed by atoms with Crippen molar-refractivity contribution in [3.05, 3.63) is 95.4 Å². The first-order valence-corrected chi connectivity index (χ1v) is 8.66. The maximum atomic E-state index is 5.94. The third kappa shape index (κ3) is 2.24. The molecule has 1 aromatic heterocycles. The molecule has 0 aliphatic heterocycles. The lowest BCUT2D eigenvalue weighted by Crippen LogP contribution is -1.91. The highest BCUT2D eigenvalue weighted by Gasteiger charge is 2.22. The molecule has 120 valence electrons.